The topological polar surface area (TPSA) is 26.3 Å². The summed E-state index contributed by atoms with van der Waals surface area (Å²) in [5.41, 5.74) is 0.320. The molecule has 2 nitrogen and oxygen atoms in total. The third kappa shape index (κ3) is 3.01. The highest BCUT2D eigenvalue weighted by atomic mass is 19.1. The van der Waals surface area contributed by atoms with Gasteiger partial charge in [-0.05, 0) is 19.1 Å². The van der Waals surface area contributed by atoms with E-state index in [0.717, 1.165) is 0 Å². The molecule has 0 aromatic heterocycles. The Hall–Kier alpha value is -1.64. The lowest BCUT2D eigenvalue weighted by atomic mass is 10.1. The number of rotatable bonds is 4. The Balaban J connectivity index is 2.70. The number of ether oxygens (including phenoxy) is 1. The van der Waals surface area contributed by atoms with Crippen molar-refractivity contribution in [2.45, 2.75) is 6.92 Å². The van der Waals surface area contributed by atoms with Crippen LogP contribution >= 0.6 is 0 Å². The van der Waals surface area contributed by atoms with Crippen molar-refractivity contribution in [1.29, 1.82) is 0 Å². The van der Waals surface area contributed by atoms with Crippen LogP contribution in [-0.4, -0.2) is 12.4 Å². The summed E-state index contributed by atoms with van der Waals surface area (Å²) in [6.07, 6.45) is 2.59. The first-order chi connectivity index (χ1) is 6.74. The van der Waals surface area contributed by atoms with Gasteiger partial charge in [0.2, 0.25) is 0 Å². The standard InChI is InChI=1S/C11H11FO2/c1-2-14-7-6-11(13)9-4-3-5-10(12)8-9/h3-8H,2H2,1H3. The largest absolute Gasteiger partial charge is 0.501 e. The van der Waals surface area contributed by atoms with E-state index in [2.05, 4.69) is 0 Å². The van der Waals surface area contributed by atoms with Gasteiger partial charge in [-0.15, -0.1) is 0 Å². The van der Waals surface area contributed by atoms with Crippen LogP contribution in [0.1, 0.15) is 17.3 Å². The van der Waals surface area contributed by atoms with Gasteiger partial charge in [-0.25, -0.2) is 4.39 Å². The number of hydrogen-bond acceptors (Lipinski definition) is 2. The molecule has 0 N–H and O–H groups in total. The molecule has 0 bridgehead atoms. The average molecular weight is 194 g/mol. The maximum atomic E-state index is 12.7. The molecule has 1 rings (SSSR count). The van der Waals surface area contributed by atoms with Gasteiger partial charge in [0.05, 0.1) is 12.9 Å². The number of halogens is 1. The molecule has 1 aromatic rings. The highest BCUT2D eigenvalue weighted by Crippen LogP contribution is 2.04. The van der Waals surface area contributed by atoms with Gasteiger partial charge in [-0.3, -0.25) is 4.79 Å². The Bertz CT molecular complexity index is 345. The summed E-state index contributed by atoms with van der Waals surface area (Å²) in [7, 11) is 0. The summed E-state index contributed by atoms with van der Waals surface area (Å²) in [6.45, 7) is 2.32. The molecule has 0 unspecified atom stereocenters. The molecule has 0 spiro atoms. The highest BCUT2D eigenvalue weighted by molar-refractivity contribution is 6.04. The number of benzene rings is 1. The van der Waals surface area contributed by atoms with Crippen molar-refractivity contribution in [2.75, 3.05) is 6.61 Å². The van der Waals surface area contributed by atoms with Crippen molar-refractivity contribution < 1.29 is 13.9 Å². The third-order valence-electron chi connectivity index (χ3n) is 1.59. The Labute approximate surface area is 82.0 Å². The van der Waals surface area contributed by atoms with E-state index in [4.69, 9.17) is 4.74 Å². The predicted molar refractivity (Wildman–Crippen MR) is 51.5 cm³/mol. The van der Waals surface area contributed by atoms with E-state index in [1.54, 1.807) is 6.07 Å². The molecule has 0 aliphatic rings. The second-order valence-corrected chi connectivity index (χ2v) is 2.63. The zero-order valence-electron chi connectivity index (χ0n) is 7.87. The van der Waals surface area contributed by atoms with Crippen LogP contribution in [0.15, 0.2) is 36.6 Å². The van der Waals surface area contributed by atoms with Gasteiger partial charge in [-0.1, -0.05) is 12.1 Å². The summed E-state index contributed by atoms with van der Waals surface area (Å²) < 4.78 is 17.6. The molecule has 0 amide bonds. The molecule has 0 fully saturated rings. The van der Waals surface area contributed by atoms with E-state index >= 15 is 0 Å². The molecule has 0 saturated carbocycles. The van der Waals surface area contributed by atoms with E-state index in [1.165, 1.54) is 30.5 Å². The van der Waals surface area contributed by atoms with Gasteiger partial charge in [0.25, 0.3) is 0 Å². The second kappa shape index (κ2) is 5.17. The fraction of sp³-hybridized carbons (Fsp3) is 0.182. The van der Waals surface area contributed by atoms with Crippen LogP contribution in [0.4, 0.5) is 4.39 Å². The lowest BCUT2D eigenvalue weighted by molar-refractivity contribution is 0.104. The smallest absolute Gasteiger partial charge is 0.188 e. The summed E-state index contributed by atoms with van der Waals surface area (Å²) in [6, 6.07) is 5.54. The van der Waals surface area contributed by atoms with Gasteiger partial charge in [0, 0.05) is 11.6 Å². The summed E-state index contributed by atoms with van der Waals surface area (Å²) in [4.78, 5) is 11.3. The molecule has 0 radical (unpaired) electrons. The number of carbonyl (C=O) groups is 1. The first kappa shape index (κ1) is 10.4. The number of ketones is 1. The van der Waals surface area contributed by atoms with Crippen molar-refractivity contribution in [1.82, 2.24) is 0 Å². The molecule has 0 saturated heterocycles. The van der Waals surface area contributed by atoms with Gasteiger partial charge >= 0.3 is 0 Å². The van der Waals surface area contributed by atoms with Crippen LogP contribution in [0.3, 0.4) is 0 Å². The van der Waals surface area contributed by atoms with Crippen LogP contribution in [0.25, 0.3) is 0 Å². The normalized spacial score (nSPS) is 10.4. The maximum absolute atomic E-state index is 12.7. The Morgan fingerprint density at radius 3 is 3.00 bits per heavy atom. The summed E-state index contributed by atoms with van der Waals surface area (Å²) in [5, 5.41) is 0. The molecular formula is C11H11FO2. The number of allylic oxidation sites excluding steroid dienone is 1. The quantitative estimate of drug-likeness (QED) is 0.418. The monoisotopic (exact) mass is 194 g/mol. The molecular weight excluding hydrogens is 183 g/mol. The van der Waals surface area contributed by atoms with Gasteiger partial charge < -0.3 is 4.74 Å². The lowest BCUT2D eigenvalue weighted by Gasteiger charge is -1.95. The maximum Gasteiger partial charge on any atom is 0.188 e. The van der Waals surface area contributed by atoms with Crippen molar-refractivity contribution in [2.24, 2.45) is 0 Å². The summed E-state index contributed by atoms with van der Waals surface area (Å²) >= 11 is 0. The number of hydrogen-bond donors (Lipinski definition) is 0. The van der Waals surface area contributed by atoms with Crippen LogP contribution < -0.4 is 0 Å². The fourth-order valence-electron chi connectivity index (χ4n) is 0.944. The van der Waals surface area contributed by atoms with E-state index in [1.807, 2.05) is 6.92 Å². The van der Waals surface area contributed by atoms with Crippen molar-refractivity contribution in [3.8, 4) is 0 Å². The van der Waals surface area contributed by atoms with Crippen LogP contribution in [0.5, 0.6) is 0 Å². The fourth-order valence-corrected chi connectivity index (χ4v) is 0.944. The molecule has 14 heavy (non-hydrogen) atoms. The molecule has 0 aliphatic heterocycles. The first-order valence-corrected chi connectivity index (χ1v) is 4.32. The van der Waals surface area contributed by atoms with Crippen molar-refractivity contribution in [3.63, 3.8) is 0 Å². The van der Waals surface area contributed by atoms with Gasteiger partial charge in [-0.2, -0.15) is 0 Å². The SMILES string of the molecule is CCOC=CC(=O)c1cccc(F)c1. The lowest BCUT2D eigenvalue weighted by Crippen LogP contribution is -1.95. The second-order valence-electron chi connectivity index (χ2n) is 2.63. The third-order valence-corrected chi connectivity index (χ3v) is 1.59. The molecule has 74 valence electrons. The first-order valence-electron chi connectivity index (χ1n) is 4.32. The zero-order chi connectivity index (χ0) is 10.4. The van der Waals surface area contributed by atoms with E-state index in [9.17, 15) is 9.18 Å². The van der Waals surface area contributed by atoms with Crippen molar-refractivity contribution in [3.05, 3.63) is 48.0 Å². The Kier molecular flexibility index (Phi) is 3.85. The average Bonchev–Trinajstić information content (AvgIpc) is 2.18. The highest BCUT2D eigenvalue weighted by Gasteiger charge is 2.01. The van der Waals surface area contributed by atoms with Crippen LogP contribution in [0.2, 0.25) is 0 Å². The van der Waals surface area contributed by atoms with Crippen LogP contribution in [0, 0.1) is 5.82 Å². The van der Waals surface area contributed by atoms with Crippen molar-refractivity contribution >= 4 is 5.78 Å². The molecule has 0 heterocycles. The number of carbonyl (C=O) groups excluding carboxylic acids is 1. The minimum atomic E-state index is -0.416. The minimum absolute atomic E-state index is 0.266. The van der Waals surface area contributed by atoms with Gasteiger partial charge in [0.1, 0.15) is 5.82 Å². The zero-order valence-corrected chi connectivity index (χ0v) is 7.87. The molecule has 3 heteroatoms. The van der Waals surface area contributed by atoms with Gasteiger partial charge in [0.15, 0.2) is 5.78 Å². The minimum Gasteiger partial charge on any atom is -0.501 e. The van der Waals surface area contributed by atoms with E-state index in [-0.39, 0.29) is 5.78 Å². The predicted octanol–water partition coefficient (Wildman–Crippen LogP) is 2.56. The van der Waals surface area contributed by atoms with E-state index in [0.29, 0.717) is 12.2 Å². The van der Waals surface area contributed by atoms with E-state index < -0.39 is 5.82 Å². The molecule has 0 aliphatic carbocycles. The van der Waals surface area contributed by atoms with Crippen LogP contribution in [-0.2, 0) is 4.74 Å². The Morgan fingerprint density at radius 1 is 1.57 bits per heavy atom. The molecule has 0 atom stereocenters. The Morgan fingerprint density at radius 2 is 2.36 bits per heavy atom. The molecule has 1 aromatic carbocycles. The summed E-state index contributed by atoms with van der Waals surface area (Å²) in [5.74, 6) is -0.682.